The Balaban J connectivity index is 2.13. The summed E-state index contributed by atoms with van der Waals surface area (Å²) in [6.45, 7) is -0.439. The van der Waals surface area contributed by atoms with Crippen molar-refractivity contribution in [2.24, 2.45) is 0 Å². The van der Waals surface area contributed by atoms with Crippen molar-refractivity contribution in [3.63, 3.8) is 0 Å². The lowest BCUT2D eigenvalue weighted by Crippen LogP contribution is -2.15. The molecule has 0 aromatic heterocycles. The van der Waals surface area contributed by atoms with E-state index in [1.165, 1.54) is 50.2 Å². The highest BCUT2D eigenvalue weighted by atomic mass is 32.2. The lowest BCUT2D eigenvalue weighted by atomic mass is 10.1. The summed E-state index contributed by atoms with van der Waals surface area (Å²) in [4.78, 5) is 13.2. The maximum atomic E-state index is 13.2. The Labute approximate surface area is 208 Å². The first-order chi connectivity index (χ1) is 16.8. The Bertz CT molecular complexity index is 1280. The zero-order chi connectivity index (χ0) is 25.4. The molecule has 0 heterocycles. The fourth-order valence-electron chi connectivity index (χ4n) is 3.02. The fourth-order valence-corrected chi connectivity index (χ4v) is 4.48. The van der Waals surface area contributed by atoms with E-state index in [9.17, 15) is 18.3 Å². The Morgan fingerprint density at radius 1 is 1.03 bits per heavy atom. The Hall–Kier alpha value is -3.41. The van der Waals surface area contributed by atoms with E-state index in [2.05, 4.69) is 4.72 Å². The summed E-state index contributed by atoms with van der Waals surface area (Å²) in [6.07, 6.45) is 1.89. The van der Waals surface area contributed by atoms with Crippen LogP contribution in [0.15, 0.2) is 70.5 Å². The van der Waals surface area contributed by atoms with Crippen LogP contribution in [0.4, 0.5) is 5.69 Å². The molecule has 3 aromatic rings. The molecule has 0 aliphatic heterocycles. The minimum atomic E-state index is -4.07. The molecule has 0 aliphatic rings. The third-order valence-corrected chi connectivity index (χ3v) is 6.82. The fraction of sp³-hybridized carbons (Fsp3) is 0.208. The van der Waals surface area contributed by atoms with Gasteiger partial charge < -0.3 is 24.1 Å². The van der Waals surface area contributed by atoms with Gasteiger partial charge in [0.05, 0.1) is 37.0 Å². The number of hydrogen-bond acceptors (Lipinski definition) is 9. The van der Waals surface area contributed by atoms with Gasteiger partial charge in [-0.2, -0.15) is 0 Å². The minimum Gasteiger partial charge on any atom is -0.497 e. The molecule has 0 fully saturated rings. The SMILES string of the molecule is COC(=O)c1cc(NS(=O)(=O)c2ccc(SC)cc2)c(Oc2cccc(OC)c2)c(OCCO)c1. The summed E-state index contributed by atoms with van der Waals surface area (Å²) in [6, 6.07) is 15.6. The number of carbonyl (C=O) groups is 1. The second kappa shape index (κ2) is 11.8. The quantitative estimate of drug-likeness (QED) is 0.284. The molecule has 0 saturated heterocycles. The normalized spacial score (nSPS) is 11.0. The van der Waals surface area contributed by atoms with Gasteiger partial charge in [0.15, 0.2) is 11.5 Å². The average molecular weight is 520 g/mol. The van der Waals surface area contributed by atoms with Crippen LogP contribution in [0, 0.1) is 0 Å². The molecule has 0 bridgehead atoms. The average Bonchev–Trinajstić information content (AvgIpc) is 2.88. The number of methoxy groups -OCH3 is 2. The van der Waals surface area contributed by atoms with Crippen LogP contribution >= 0.6 is 11.8 Å². The molecule has 0 atom stereocenters. The molecule has 0 saturated carbocycles. The molecular weight excluding hydrogens is 494 g/mol. The standard InChI is InChI=1S/C24H25NO8S2/c1-30-17-5-4-6-18(15-17)33-23-21(13-16(24(27)31-2)14-22(23)32-12-11-26)25-35(28,29)20-9-7-19(34-3)8-10-20/h4-10,13-15,25-26H,11-12H2,1-3H3. The molecule has 2 N–H and O–H groups in total. The molecule has 3 aromatic carbocycles. The smallest absolute Gasteiger partial charge is 0.338 e. The summed E-state index contributed by atoms with van der Waals surface area (Å²) in [5.41, 5.74) is -0.0357. The molecule has 35 heavy (non-hydrogen) atoms. The number of ether oxygens (including phenoxy) is 4. The molecule has 0 spiro atoms. The summed E-state index contributed by atoms with van der Waals surface area (Å²) in [7, 11) is -1.37. The third kappa shape index (κ3) is 6.59. The zero-order valence-corrected chi connectivity index (χ0v) is 20.9. The predicted molar refractivity (Wildman–Crippen MR) is 132 cm³/mol. The highest BCUT2D eigenvalue weighted by Gasteiger charge is 2.23. The van der Waals surface area contributed by atoms with E-state index in [4.69, 9.17) is 18.9 Å². The van der Waals surface area contributed by atoms with Crippen LogP contribution in [0.2, 0.25) is 0 Å². The van der Waals surface area contributed by atoms with Crippen LogP contribution in [-0.4, -0.2) is 53.2 Å². The second-order valence-corrected chi connectivity index (χ2v) is 9.54. The van der Waals surface area contributed by atoms with Gasteiger partial charge >= 0.3 is 5.97 Å². The maximum absolute atomic E-state index is 13.2. The topological polar surface area (TPSA) is 120 Å². The van der Waals surface area contributed by atoms with E-state index in [0.717, 1.165) is 4.90 Å². The van der Waals surface area contributed by atoms with Crippen molar-refractivity contribution < 1.29 is 37.3 Å². The summed E-state index contributed by atoms with van der Waals surface area (Å²) < 4.78 is 50.5. The number of rotatable bonds is 11. The first-order valence-electron chi connectivity index (χ1n) is 10.3. The highest BCUT2D eigenvalue weighted by molar-refractivity contribution is 7.98. The molecule has 9 nitrogen and oxygen atoms in total. The van der Waals surface area contributed by atoms with Gasteiger partial charge in [-0.05, 0) is 54.8 Å². The minimum absolute atomic E-state index is 0.0105. The van der Waals surface area contributed by atoms with E-state index < -0.39 is 16.0 Å². The number of nitrogens with one attached hydrogen (secondary N) is 1. The van der Waals surface area contributed by atoms with Crippen molar-refractivity contribution in [1.29, 1.82) is 0 Å². The van der Waals surface area contributed by atoms with Crippen molar-refractivity contribution in [1.82, 2.24) is 0 Å². The number of thioether (sulfide) groups is 1. The van der Waals surface area contributed by atoms with Crippen LogP contribution in [-0.2, 0) is 14.8 Å². The van der Waals surface area contributed by atoms with Crippen LogP contribution in [0.1, 0.15) is 10.4 Å². The van der Waals surface area contributed by atoms with Gasteiger partial charge in [-0.15, -0.1) is 11.8 Å². The van der Waals surface area contributed by atoms with Crippen LogP contribution in [0.25, 0.3) is 0 Å². The van der Waals surface area contributed by atoms with Crippen molar-refractivity contribution >= 4 is 33.4 Å². The molecule has 186 valence electrons. The monoisotopic (exact) mass is 519 g/mol. The van der Waals surface area contributed by atoms with Crippen LogP contribution in [0.5, 0.6) is 23.0 Å². The van der Waals surface area contributed by atoms with E-state index >= 15 is 0 Å². The van der Waals surface area contributed by atoms with Gasteiger partial charge in [0.1, 0.15) is 18.1 Å². The zero-order valence-electron chi connectivity index (χ0n) is 19.3. The Kier molecular flexibility index (Phi) is 8.85. The molecule has 0 amide bonds. The molecule has 0 unspecified atom stereocenters. The number of aliphatic hydroxyl groups is 1. The lowest BCUT2D eigenvalue weighted by molar-refractivity contribution is 0.0600. The predicted octanol–water partition coefficient (Wildman–Crippen LogP) is 4.17. The molecule has 0 aliphatic carbocycles. The second-order valence-electron chi connectivity index (χ2n) is 6.98. The maximum Gasteiger partial charge on any atom is 0.338 e. The van der Waals surface area contributed by atoms with Crippen LogP contribution in [0.3, 0.4) is 0 Å². The number of sulfonamides is 1. The van der Waals surface area contributed by atoms with Gasteiger partial charge in [0.25, 0.3) is 10.0 Å². The first kappa shape index (κ1) is 26.2. The van der Waals surface area contributed by atoms with E-state index in [1.54, 1.807) is 36.4 Å². The number of benzene rings is 3. The van der Waals surface area contributed by atoms with Crippen molar-refractivity contribution in [3.8, 4) is 23.0 Å². The van der Waals surface area contributed by atoms with Crippen molar-refractivity contribution in [3.05, 3.63) is 66.2 Å². The van der Waals surface area contributed by atoms with Gasteiger partial charge in [-0.3, -0.25) is 4.72 Å². The first-order valence-corrected chi connectivity index (χ1v) is 13.0. The number of aliphatic hydroxyl groups excluding tert-OH is 1. The molecule has 0 radical (unpaired) electrons. The van der Waals surface area contributed by atoms with Gasteiger partial charge in [-0.25, -0.2) is 13.2 Å². The highest BCUT2D eigenvalue weighted by Crippen LogP contribution is 2.42. The molecule has 11 heteroatoms. The largest absolute Gasteiger partial charge is 0.497 e. The Morgan fingerprint density at radius 3 is 2.37 bits per heavy atom. The Morgan fingerprint density at radius 2 is 1.74 bits per heavy atom. The summed E-state index contributed by atoms with van der Waals surface area (Å²) in [5.74, 6) is 0.150. The lowest BCUT2D eigenvalue weighted by Gasteiger charge is -2.19. The summed E-state index contributed by atoms with van der Waals surface area (Å²) >= 11 is 1.48. The number of esters is 1. The molecular formula is C24H25NO8S2. The van der Waals surface area contributed by atoms with Gasteiger partial charge in [0.2, 0.25) is 0 Å². The van der Waals surface area contributed by atoms with Gasteiger partial charge in [0, 0.05) is 11.0 Å². The van der Waals surface area contributed by atoms with E-state index in [0.29, 0.717) is 11.5 Å². The van der Waals surface area contributed by atoms with Crippen molar-refractivity contribution in [2.75, 3.05) is 38.4 Å². The number of anilines is 1. The number of carbonyl (C=O) groups excluding carboxylic acids is 1. The third-order valence-electron chi connectivity index (χ3n) is 4.70. The van der Waals surface area contributed by atoms with Crippen molar-refractivity contribution in [2.45, 2.75) is 9.79 Å². The number of hydrogen-bond donors (Lipinski definition) is 2. The van der Waals surface area contributed by atoms with E-state index in [-0.39, 0.29) is 40.9 Å². The van der Waals surface area contributed by atoms with E-state index in [1.807, 2.05) is 6.26 Å². The summed E-state index contributed by atoms with van der Waals surface area (Å²) in [5, 5.41) is 9.26. The van der Waals surface area contributed by atoms with Gasteiger partial charge in [-0.1, -0.05) is 6.07 Å². The van der Waals surface area contributed by atoms with Crippen LogP contribution < -0.4 is 18.9 Å². The molecule has 3 rings (SSSR count).